The van der Waals surface area contributed by atoms with Crippen molar-refractivity contribution < 1.29 is 28.6 Å². The Bertz CT molecular complexity index is 643. The lowest BCUT2D eigenvalue weighted by molar-refractivity contribution is -0.144. The van der Waals surface area contributed by atoms with Crippen LogP contribution in [0, 0.1) is 17.8 Å². The van der Waals surface area contributed by atoms with Crippen molar-refractivity contribution in [1.29, 1.82) is 0 Å². The molecule has 0 amide bonds. The van der Waals surface area contributed by atoms with Crippen LogP contribution in [0.15, 0.2) is 22.8 Å². The fourth-order valence-corrected chi connectivity index (χ4v) is 4.08. The molecule has 6 heteroatoms. The van der Waals surface area contributed by atoms with Crippen LogP contribution in [-0.4, -0.2) is 37.2 Å². The van der Waals surface area contributed by atoms with E-state index in [-0.39, 0.29) is 23.6 Å². The molecular formula is C17H20O6. The Kier molecular flexibility index (Phi) is 3.78. The molecule has 1 aliphatic heterocycles. The maximum atomic E-state index is 12.3. The third-order valence-electron chi connectivity index (χ3n) is 5.15. The number of methoxy groups -OCH3 is 1. The fraction of sp³-hybridized carbons (Fsp3) is 0.588. The van der Waals surface area contributed by atoms with Crippen LogP contribution in [0.5, 0.6) is 0 Å². The molecule has 0 spiro atoms. The summed E-state index contributed by atoms with van der Waals surface area (Å²) < 4.78 is 15.6. The molecule has 0 radical (unpaired) electrons. The van der Waals surface area contributed by atoms with Gasteiger partial charge in [-0.3, -0.25) is 9.59 Å². The summed E-state index contributed by atoms with van der Waals surface area (Å²) in [5.41, 5.74) is 2.44. The number of rotatable bonds is 1. The minimum atomic E-state index is -0.788. The molecule has 124 valence electrons. The number of hydrogen-bond donors (Lipinski definition) is 0. The average Bonchev–Trinajstić information content (AvgIpc) is 2.89. The maximum Gasteiger partial charge on any atom is 0.508 e. The van der Waals surface area contributed by atoms with Crippen molar-refractivity contribution >= 4 is 17.9 Å². The summed E-state index contributed by atoms with van der Waals surface area (Å²) in [5.74, 6) is -1.30. The highest BCUT2D eigenvalue weighted by atomic mass is 16.7. The molecule has 0 aromatic rings. The summed E-state index contributed by atoms with van der Waals surface area (Å²) >= 11 is 0. The molecule has 1 saturated heterocycles. The number of allylic oxidation sites excluding steroid dienone is 1. The topological polar surface area (TPSA) is 78.9 Å². The van der Waals surface area contributed by atoms with Crippen molar-refractivity contribution in [3.63, 3.8) is 0 Å². The van der Waals surface area contributed by atoms with Gasteiger partial charge in [-0.15, -0.1) is 0 Å². The van der Waals surface area contributed by atoms with Gasteiger partial charge in [0.1, 0.15) is 12.2 Å². The molecule has 0 aromatic heterocycles. The van der Waals surface area contributed by atoms with Gasteiger partial charge in [-0.05, 0) is 19.9 Å². The van der Waals surface area contributed by atoms with E-state index in [2.05, 4.69) is 4.74 Å². The molecule has 3 aliphatic rings. The smallest absolute Gasteiger partial charge is 0.461 e. The molecule has 0 aromatic carbocycles. The highest BCUT2D eigenvalue weighted by Crippen LogP contribution is 2.48. The van der Waals surface area contributed by atoms with Gasteiger partial charge in [0, 0.05) is 23.8 Å². The quantitative estimate of drug-likeness (QED) is 0.689. The minimum Gasteiger partial charge on any atom is -0.461 e. The number of carbonyl (C=O) groups excluding carboxylic acids is 3. The van der Waals surface area contributed by atoms with E-state index in [4.69, 9.17) is 9.47 Å². The third-order valence-corrected chi connectivity index (χ3v) is 5.15. The van der Waals surface area contributed by atoms with Crippen molar-refractivity contribution in [2.45, 2.75) is 39.4 Å². The summed E-state index contributed by atoms with van der Waals surface area (Å²) in [4.78, 5) is 36.0. The predicted molar refractivity (Wildman–Crippen MR) is 79.4 cm³/mol. The summed E-state index contributed by atoms with van der Waals surface area (Å²) in [7, 11) is 1.24. The summed E-state index contributed by atoms with van der Waals surface area (Å²) in [6.07, 6.45) is 0.188. The molecule has 6 nitrogen and oxygen atoms in total. The molecular weight excluding hydrogens is 300 g/mol. The maximum absolute atomic E-state index is 12.3. The van der Waals surface area contributed by atoms with Crippen LogP contribution in [-0.2, 0) is 23.8 Å². The van der Waals surface area contributed by atoms with Gasteiger partial charge in [0.05, 0.1) is 13.0 Å². The van der Waals surface area contributed by atoms with Crippen LogP contribution in [0.2, 0.25) is 0 Å². The molecule has 2 aliphatic carbocycles. The molecule has 0 bridgehead atoms. The number of ether oxygens (including phenoxy) is 3. The van der Waals surface area contributed by atoms with E-state index in [1.54, 1.807) is 13.0 Å². The summed E-state index contributed by atoms with van der Waals surface area (Å²) in [6.45, 7) is 5.52. The lowest BCUT2D eigenvalue weighted by atomic mass is 9.79. The van der Waals surface area contributed by atoms with E-state index in [0.717, 1.165) is 11.1 Å². The molecule has 0 saturated carbocycles. The van der Waals surface area contributed by atoms with Crippen LogP contribution < -0.4 is 0 Å². The van der Waals surface area contributed by atoms with Gasteiger partial charge in [0.15, 0.2) is 5.78 Å². The minimum absolute atomic E-state index is 0.0435. The van der Waals surface area contributed by atoms with E-state index in [0.29, 0.717) is 12.0 Å². The Hall–Kier alpha value is -2.11. The van der Waals surface area contributed by atoms with Crippen molar-refractivity contribution in [2.75, 3.05) is 7.11 Å². The first kappa shape index (κ1) is 15.8. The lowest BCUT2D eigenvalue weighted by Gasteiger charge is -2.28. The normalized spacial score (nSPS) is 36.0. The van der Waals surface area contributed by atoms with Crippen molar-refractivity contribution in [2.24, 2.45) is 17.8 Å². The number of fused-ring (bicyclic) bond motifs is 3. The second-order valence-electron chi connectivity index (χ2n) is 6.51. The highest BCUT2D eigenvalue weighted by molar-refractivity contribution is 6.09. The molecule has 3 rings (SSSR count). The Labute approximate surface area is 134 Å². The predicted octanol–water partition coefficient (Wildman–Crippen LogP) is 2.18. The lowest BCUT2D eigenvalue weighted by Crippen LogP contribution is -2.37. The zero-order valence-electron chi connectivity index (χ0n) is 13.6. The first-order chi connectivity index (χ1) is 10.8. The van der Waals surface area contributed by atoms with Gasteiger partial charge in [-0.2, -0.15) is 0 Å². The van der Waals surface area contributed by atoms with Crippen molar-refractivity contribution in [3.8, 4) is 0 Å². The van der Waals surface area contributed by atoms with Crippen LogP contribution in [0.3, 0.4) is 0 Å². The first-order valence-electron chi connectivity index (χ1n) is 7.72. The van der Waals surface area contributed by atoms with Crippen LogP contribution in [0.1, 0.15) is 27.2 Å². The van der Waals surface area contributed by atoms with Crippen LogP contribution in [0.4, 0.5) is 4.79 Å². The van der Waals surface area contributed by atoms with Crippen molar-refractivity contribution in [1.82, 2.24) is 0 Å². The molecule has 5 atom stereocenters. The number of esters is 1. The highest BCUT2D eigenvalue weighted by Gasteiger charge is 2.55. The molecule has 1 heterocycles. The number of ketones is 1. The second kappa shape index (κ2) is 5.51. The van der Waals surface area contributed by atoms with E-state index >= 15 is 0 Å². The standard InChI is InChI=1S/C17H20O6/c1-7-5-10(18)12-8(2)6-11(22-17(20)21-4)14-9(3)16(19)23-15(14)13(7)12/h5,9,11,13-15H,6H2,1-4H3/t9-,11-,13-,14-,15+/m1/s1. The second-order valence-corrected chi connectivity index (χ2v) is 6.51. The Morgan fingerprint density at radius 2 is 2.00 bits per heavy atom. The van der Waals surface area contributed by atoms with Gasteiger partial charge in [-0.25, -0.2) is 4.79 Å². The zero-order valence-corrected chi connectivity index (χ0v) is 13.6. The Morgan fingerprint density at radius 1 is 1.30 bits per heavy atom. The van der Waals surface area contributed by atoms with Crippen LogP contribution in [0.25, 0.3) is 0 Å². The SMILES string of the molecule is COC(=O)O[C@@H]1CC(C)=C2C(=O)C=C(C)[C@H]2[C@@H]2OC(=O)[C@H](C)[C@@H]21. The number of hydrogen-bond acceptors (Lipinski definition) is 6. The van der Waals surface area contributed by atoms with Gasteiger partial charge in [0.2, 0.25) is 0 Å². The molecule has 1 fully saturated rings. The van der Waals surface area contributed by atoms with E-state index < -0.39 is 24.3 Å². The summed E-state index contributed by atoms with van der Waals surface area (Å²) in [6, 6.07) is 0. The fourth-order valence-electron chi connectivity index (χ4n) is 4.08. The zero-order chi connectivity index (χ0) is 16.9. The van der Waals surface area contributed by atoms with Gasteiger partial charge in [-0.1, -0.05) is 18.1 Å². The average molecular weight is 320 g/mol. The molecule has 0 N–H and O–H groups in total. The van der Waals surface area contributed by atoms with Gasteiger partial charge >= 0.3 is 12.1 Å². The van der Waals surface area contributed by atoms with E-state index in [9.17, 15) is 14.4 Å². The summed E-state index contributed by atoms with van der Waals surface area (Å²) in [5, 5.41) is 0. The Balaban J connectivity index is 2.05. The first-order valence-corrected chi connectivity index (χ1v) is 7.72. The van der Waals surface area contributed by atoms with E-state index in [1.807, 2.05) is 13.8 Å². The molecule has 23 heavy (non-hydrogen) atoms. The third kappa shape index (κ3) is 2.36. The van der Waals surface area contributed by atoms with Crippen molar-refractivity contribution in [3.05, 3.63) is 22.8 Å². The number of carbonyl (C=O) groups is 3. The monoisotopic (exact) mass is 320 g/mol. The van der Waals surface area contributed by atoms with Gasteiger partial charge < -0.3 is 14.2 Å². The van der Waals surface area contributed by atoms with Crippen LogP contribution >= 0.6 is 0 Å². The molecule has 0 unspecified atom stereocenters. The van der Waals surface area contributed by atoms with Gasteiger partial charge in [0.25, 0.3) is 0 Å². The largest absolute Gasteiger partial charge is 0.508 e. The van der Waals surface area contributed by atoms with E-state index in [1.165, 1.54) is 7.11 Å². The Morgan fingerprint density at radius 3 is 2.65 bits per heavy atom.